The van der Waals surface area contributed by atoms with Crippen LogP contribution in [0.4, 0.5) is 0 Å². The van der Waals surface area contributed by atoms with Gasteiger partial charge in [0.1, 0.15) is 6.04 Å². The molecule has 1 saturated heterocycles. The number of fused-ring (bicyclic) bond motifs is 1. The fourth-order valence-corrected chi connectivity index (χ4v) is 4.82. The molecule has 7 heteroatoms. The number of carboxylic acid groups (broad SMARTS) is 1. The zero-order valence-corrected chi connectivity index (χ0v) is 12.4. The number of nitrogens with zero attached hydrogens (tertiary/aromatic N) is 2. The Bertz CT molecular complexity index is 653. The van der Waals surface area contributed by atoms with Gasteiger partial charge in [-0.2, -0.15) is 17.0 Å². The van der Waals surface area contributed by atoms with Crippen molar-refractivity contribution in [3.8, 4) is 0 Å². The monoisotopic (exact) mass is 310 g/mol. The molecule has 21 heavy (non-hydrogen) atoms. The van der Waals surface area contributed by atoms with E-state index in [1.165, 1.54) is 4.31 Å². The lowest BCUT2D eigenvalue weighted by Crippen LogP contribution is -2.53. The van der Waals surface area contributed by atoms with Gasteiger partial charge in [-0.05, 0) is 24.0 Å². The van der Waals surface area contributed by atoms with E-state index in [2.05, 4.69) is 0 Å². The molecule has 0 aromatic heterocycles. The molecule has 0 amide bonds. The molecule has 6 nitrogen and oxygen atoms in total. The lowest BCUT2D eigenvalue weighted by Gasteiger charge is -2.35. The second-order valence-electron chi connectivity index (χ2n) is 5.49. The Morgan fingerprint density at radius 3 is 2.38 bits per heavy atom. The normalized spacial score (nSPS) is 23.9. The van der Waals surface area contributed by atoms with Gasteiger partial charge in [0.25, 0.3) is 10.2 Å². The van der Waals surface area contributed by atoms with Crippen molar-refractivity contribution in [1.29, 1.82) is 0 Å². The number of aliphatic carboxylic acids is 1. The van der Waals surface area contributed by atoms with Gasteiger partial charge in [-0.15, -0.1) is 0 Å². The maximum Gasteiger partial charge on any atom is 0.322 e. The Hall–Kier alpha value is -1.44. The van der Waals surface area contributed by atoms with E-state index in [4.69, 9.17) is 0 Å². The van der Waals surface area contributed by atoms with Gasteiger partial charge in [0, 0.05) is 26.1 Å². The molecule has 1 atom stereocenters. The zero-order chi connectivity index (χ0) is 15.0. The zero-order valence-electron chi connectivity index (χ0n) is 11.6. The van der Waals surface area contributed by atoms with Crippen LogP contribution >= 0.6 is 0 Å². The minimum atomic E-state index is -3.71. The van der Waals surface area contributed by atoms with E-state index in [0.29, 0.717) is 13.1 Å². The van der Waals surface area contributed by atoms with Crippen molar-refractivity contribution >= 4 is 16.2 Å². The Morgan fingerprint density at radius 1 is 1.14 bits per heavy atom. The fourth-order valence-electron chi connectivity index (χ4n) is 3.02. The summed E-state index contributed by atoms with van der Waals surface area (Å²) >= 11 is 0. The van der Waals surface area contributed by atoms with E-state index < -0.39 is 22.2 Å². The first-order valence-electron chi connectivity index (χ1n) is 7.06. The average Bonchev–Trinajstić information content (AvgIpc) is 3.00. The summed E-state index contributed by atoms with van der Waals surface area (Å²) in [5.41, 5.74) is 1.80. The average molecular weight is 310 g/mol. The highest BCUT2D eigenvalue weighted by Crippen LogP contribution is 2.28. The smallest absolute Gasteiger partial charge is 0.322 e. The highest BCUT2D eigenvalue weighted by molar-refractivity contribution is 7.86. The Kier molecular flexibility index (Phi) is 3.73. The summed E-state index contributed by atoms with van der Waals surface area (Å²) in [5.74, 6) is -1.09. The third-order valence-corrected chi connectivity index (χ3v) is 6.17. The molecule has 0 bridgehead atoms. The minimum absolute atomic E-state index is 0.131. The molecule has 0 saturated carbocycles. The molecule has 1 N–H and O–H groups in total. The molecule has 3 rings (SSSR count). The Morgan fingerprint density at radius 2 is 1.76 bits per heavy atom. The van der Waals surface area contributed by atoms with E-state index in [1.807, 2.05) is 24.3 Å². The molecule has 2 heterocycles. The number of carbonyl (C=O) groups is 1. The van der Waals surface area contributed by atoms with Gasteiger partial charge in [-0.25, -0.2) is 0 Å². The van der Waals surface area contributed by atoms with Gasteiger partial charge in [0.15, 0.2) is 0 Å². The summed E-state index contributed by atoms with van der Waals surface area (Å²) in [6, 6.07) is 6.40. The van der Waals surface area contributed by atoms with Crippen molar-refractivity contribution in [3.05, 3.63) is 35.4 Å². The van der Waals surface area contributed by atoms with Crippen molar-refractivity contribution in [2.45, 2.75) is 31.8 Å². The molecule has 0 spiro atoms. The number of hydrogen-bond acceptors (Lipinski definition) is 3. The largest absolute Gasteiger partial charge is 0.480 e. The highest BCUT2D eigenvalue weighted by atomic mass is 32.2. The standard InChI is InChI=1S/C14H18N2O4S/c17-14(18)13-9-11-5-1-2-6-12(11)10-16(13)21(19,20)15-7-3-4-8-15/h1-2,5-6,13H,3-4,7-10H2,(H,17,18). The molecule has 1 aromatic carbocycles. The first kappa shape index (κ1) is 14.5. The summed E-state index contributed by atoms with van der Waals surface area (Å²) in [6.45, 7) is 1.09. The van der Waals surface area contributed by atoms with Crippen LogP contribution in [-0.4, -0.2) is 47.2 Å². The van der Waals surface area contributed by atoms with Crippen LogP contribution in [0.3, 0.4) is 0 Å². The third kappa shape index (κ3) is 2.56. The molecule has 1 fully saturated rings. The summed E-state index contributed by atoms with van der Waals surface area (Å²) in [6.07, 6.45) is 1.89. The Balaban J connectivity index is 1.97. The van der Waals surface area contributed by atoms with Gasteiger partial charge in [0.05, 0.1) is 0 Å². The van der Waals surface area contributed by atoms with Crippen molar-refractivity contribution in [2.24, 2.45) is 0 Å². The van der Waals surface area contributed by atoms with Gasteiger partial charge in [-0.1, -0.05) is 24.3 Å². The van der Waals surface area contributed by atoms with E-state index in [-0.39, 0.29) is 13.0 Å². The molecular weight excluding hydrogens is 292 g/mol. The summed E-state index contributed by atoms with van der Waals surface area (Å²) in [4.78, 5) is 11.5. The second-order valence-corrected chi connectivity index (χ2v) is 7.37. The van der Waals surface area contributed by atoms with Crippen LogP contribution in [0, 0.1) is 0 Å². The quantitative estimate of drug-likeness (QED) is 0.897. The first-order valence-corrected chi connectivity index (χ1v) is 8.46. The van der Waals surface area contributed by atoms with E-state index in [9.17, 15) is 18.3 Å². The third-order valence-electron chi connectivity index (χ3n) is 4.18. The van der Waals surface area contributed by atoms with Crippen LogP contribution in [0.25, 0.3) is 0 Å². The number of hydrogen-bond donors (Lipinski definition) is 1. The lowest BCUT2D eigenvalue weighted by atomic mass is 9.96. The summed E-state index contributed by atoms with van der Waals surface area (Å²) in [7, 11) is -3.71. The second kappa shape index (κ2) is 5.40. The van der Waals surface area contributed by atoms with E-state index in [0.717, 1.165) is 28.3 Å². The molecule has 2 aliphatic heterocycles. The molecule has 1 unspecified atom stereocenters. The Labute approximate surface area is 124 Å². The van der Waals surface area contributed by atoms with Crippen LogP contribution in [0.5, 0.6) is 0 Å². The maximum absolute atomic E-state index is 12.7. The summed E-state index contributed by atoms with van der Waals surface area (Å²) in [5, 5.41) is 9.42. The topological polar surface area (TPSA) is 77.9 Å². The number of rotatable bonds is 3. The van der Waals surface area contributed by atoms with E-state index >= 15 is 0 Å². The van der Waals surface area contributed by atoms with Gasteiger partial charge >= 0.3 is 5.97 Å². The van der Waals surface area contributed by atoms with Crippen LogP contribution in [0.2, 0.25) is 0 Å². The summed E-state index contributed by atoms with van der Waals surface area (Å²) < 4.78 is 27.9. The SMILES string of the molecule is O=C(O)C1Cc2ccccc2CN1S(=O)(=O)N1CCCC1. The van der Waals surface area contributed by atoms with Crippen molar-refractivity contribution in [3.63, 3.8) is 0 Å². The van der Waals surface area contributed by atoms with E-state index in [1.54, 1.807) is 0 Å². The molecule has 1 aromatic rings. The number of carboxylic acids is 1. The van der Waals surface area contributed by atoms with Gasteiger partial charge in [-0.3, -0.25) is 4.79 Å². The molecule has 114 valence electrons. The molecule has 0 radical (unpaired) electrons. The molecule has 0 aliphatic carbocycles. The number of benzene rings is 1. The molecular formula is C14H18N2O4S. The van der Waals surface area contributed by atoms with Crippen molar-refractivity contribution in [2.75, 3.05) is 13.1 Å². The van der Waals surface area contributed by atoms with Gasteiger partial charge in [0.2, 0.25) is 0 Å². The van der Waals surface area contributed by atoms with Crippen LogP contribution in [0.1, 0.15) is 24.0 Å². The fraction of sp³-hybridized carbons (Fsp3) is 0.500. The maximum atomic E-state index is 12.7. The highest BCUT2D eigenvalue weighted by Gasteiger charge is 2.42. The first-order chi connectivity index (χ1) is 10.00. The predicted molar refractivity (Wildman–Crippen MR) is 76.8 cm³/mol. The van der Waals surface area contributed by atoms with Crippen LogP contribution < -0.4 is 0 Å². The van der Waals surface area contributed by atoms with Crippen LogP contribution in [-0.2, 0) is 28.0 Å². The predicted octanol–water partition coefficient (Wildman–Crippen LogP) is 0.839. The van der Waals surface area contributed by atoms with Crippen molar-refractivity contribution in [1.82, 2.24) is 8.61 Å². The van der Waals surface area contributed by atoms with Gasteiger partial charge < -0.3 is 5.11 Å². The van der Waals surface area contributed by atoms with Crippen LogP contribution in [0.15, 0.2) is 24.3 Å². The van der Waals surface area contributed by atoms with Crippen molar-refractivity contribution < 1.29 is 18.3 Å². The lowest BCUT2D eigenvalue weighted by molar-refractivity contribution is -0.141. The molecule has 2 aliphatic rings. The minimum Gasteiger partial charge on any atom is -0.480 e.